The number of carbonyl (C=O) groups is 1. The second-order valence-corrected chi connectivity index (χ2v) is 8.61. The van der Waals surface area contributed by atoms with Crippen molar-refractivity contribution in [2.45, 2.75) is 44.8 Å². The number of fused-ring (bicyclic) bond motifs is 2. The number of aromatic nitrogens is 1. The van der Waals surface area contributed by atoms with E-state index in [2.05, 4.69) is 35.5 Å². The lowest BCUT2D eigenvalue weighted by molar-refractivity contribution is -0.125. The lowest BCUT2D eigenvalue weighted by Gasteiger charge is -2.32. The van der Waals surface area contributed by atoms with Crippen molar-refractivity contribution in [1.82, 2.24) is 15.6 Å². The number of pyridine rings is 1. The number of nitriles is 2. The van der Waals surface area contributed by atoms with Gasteiger partial charge in [0.15, 0.2) is 0 Å². The van der Waals surface area contributed by atoms with Gasteiger partial charge in [-0.25, -0.2) is 9.37 Å². The normalized spacial score (nSPS) is 27.3. The van der Waals surface area contributed by atoms with Crippen LogP contribution in [0.25, 0.3) is 11.1 Å². The number of hydrogen-bond donors (Lipinski definition) is 2. The number of piperidine rings is 1. The molecule has 2 aromatic rings. The molecule has 1 aromatic heterocycles. The maximum atomic E-state index is 14.7. The van der Waals surface area contributed by atoms with Crippen molar-refractivity contribution >= 4 is 5.91 Å². The highest BCUT2D eigenvalue weighted by Gasteiger charge is 2.51. The fourth-order valence-corrected chi connectivity index (χ4v) is 4.90. The van der Waals surface area contributed by atoms with Gasteiger partial charge in [0, 0.05) is 24.2 Å². The van der Waals surface area contributed by atoms with Crippen molar-refractivity contribution in [2.75, 3.05) is 0 Å². The molecule has 158 valence electrons. The molecular formula is C24H24FN5O. The number of nitrogens with one attached hydrogen (secondary N) is 2. The molecule has 31 heavy (non-hydrogen) atoms. The number of rotatable bonds is 5. The third-order valence-corrected chi connectivity index (χ3v) is 6.93. The second kappa shape index (κ2) is 8.45. The van der Waals surface area contributed by atoms with Crippen LogP contribution >= 0.6 is 0 Å². The van der Waals surface area contributed by atoms with E-state index in [4.69, 9.17) is 5.26 Å². The van der Waals surface area contributed by atoms with E-state index in [1.54, 1.807) is 24.3 Å². The molecule has 1 saturated heterocycles. The zero-order valence-corrected chi connectivity index (χ0v) is 17.5. The largest absolute Gasteiger partial charge is 0.339 e. The van der Waals surface area contributed by atoms with Crippen molar-refractivity contribution in [3.05, 3.63) is 53.6 Å². The Morgan fingerprint density at radius 1 is 1.26 bits per heavy atom. The lowest BCUT2D eigenvalue weighted by Crippen LogP contribution is -2.54. The van der Waals surface area contributed by atoms with Crippen LogP contribution in [-0.4, -0.2) is 29.0 Å². The van der Waals surface area contributed by atoms with Gasteiger partial charge in [0.2, 0.25) is 5.91 Å². The minimum Gasteiger partial charge on any atom is -0.339 e. The van der Waals surface area contributed by atoms with Gasteiger partial charge in [0.1, 0.15) is 23.6 Å². The molecule has 1 amide bonds. The molecular weight excluding hydrogens is 393 g/mol. The smallest absolute Gasteiger partial charge is 0.238 e. The molecule has 2 aliphatic rings. The molecule has 2 bridgehead atoms. The van der Waals surface area contributed by atoms with E-state index in [0.29, 0.717) is 40.3 Å². The number of carbonyl (C=O) groups excluding carboxylic acids is 1. The van der Waals surface area contributed by atoms with Gasteiger partial charge in [-0.05, 0) is 53.5 Å². The summed E-state index contributed by atoms with van der Waals surface area (Å²) in [6.07, 6.45) is 2.60. The van der Waals surface area contributed by atoms with Crippen LogP contribution in [0.1, 0.15) is 31.5 Å². The Morgan fingerprint density at radius 2 is 2.03 bits per heavy atom. The fourth-order valence-electron chi connectivity index (χ4n) is 4.90. The molecule has 4 rings (SSSR count). The molecule has 0 spiro atoms. The predicted molar refractivity (Wildman–Crippen MR) is 113 cm³/mol. The van der Waals surface area contributed by atoms with Gasteiger partial charge in [0.25, 0.3) is 0 Å². The maximum Gasteiger partial charge on any atom is 0.238 e. The second-order valence-electron chi connectivity index (χ2n) is 8.61. The standard InChI is InChI=1S/C24H24FN5O/c1-13-14(2)22-9-20(13)23(30-22)24(31)29-19(11-27)7-16-4-3-15(8-21(16)25)17-5-6-18(10-26)28-12-17/h3-6,8,12-14,19-20,22-23,30H,7,9H2,1-2H3,(H,29,31)/t13?,14-,19-,20?,22?,23?/m0/s1. The van der Waals surface area contributed by atoms with E-state index in [1.807, 2.05) is 6.07 Å². The van der Waals surface area contributed by atoms with Crippen molar-refractivity contribution in [1.29, 1.82) is 10.5 Å². The van der Waals surface area contributed by atoms with Crippen molar-refractivity contribution in [3.8, 4) is 23.3 Å². The summed E-state index contributed by atoms with van der Waals surface area (Å²) in [6.45, 7) is 4.38. The number of nitrogens with zero attached hydrogens (tertiary/aromatic N) is 3. The first-order chi connectivity index (χ1) is 14.9. The van der Waals surface area contributed by atoms with Crippen LogP contribution in [0.4, 0.5) is 4.39 Å². The first-order valence-corrected chi connectivity index (χ1v) is 10.5. The summed E-state index contributed by atoms with van der Waals surface area (Å²) in [6, 6.07) is 11.3. The van der Waals surface area contributed by atoms with Crippen LogP contribution in [0, 0.1) is 46.2 Å². The van der Waals surface area contributed by atoms with E-state index >= 15 is 0 Å². The summed E-state index contributed by atoms with van der Waals surface area (Å²) in [5.74, 6) is 0.649. The molecule has 7 heteroatoms. The minimum atomic E-state index is -0.807. The Hall–Kier alpha value is -3.29. The van der Waals surface area contributed by atoms with Crippen LogP contribution in [0.5, 0.6) is 0 Å². The van der Waals surface area contributed by atoms with Crippen LogP contribution in [0.15, 0.2) is 36.5 Å². The van der Waals surface area contributed by atoms with E-state index in [1.165, 1.54) is 12.3 Å². The SMILES string of the molecule is CC1C2CC(NC2C(=O)N[C@H](C#N)Cc2ccc(-c3ccc(C#N)nc3)cc2F)[C@H]1C. The zero-order chi connectivity index (χ0) is 22.1. The van der Waals surface area contributed by atoms with E-state index in [9.17, 15) is 14.4 Å². The Kier molecular flexibility index (Phi) is 5.71. The molecule has 6 atom stereocenters. The number of amides is 1. The Balaban J connectivity index is 1.42. The molecule has 1 aromatic carbocycles. The highest BCUT2D eigenvalue weighted by molar-refractivity contribution is 5.83. The Morgan fingerprint density at radius 3 is 2.61 bits per heavy atom. The molecule has 1 aliphatic carbocycles. The van der Waals surface area contributed by atoms with Gasteiger partial charge in [-0.3, -0.25) is 4.79 Å². The predicted octanol–water partition coefficient (Wildman–Crippen LogP) is 2.94. The topological polar surface area (TPSA) is 102 Å². The number of halogens is 1. The molecule has 4 unspecified atom stereocenters. The number of benzene rings is 1. The van der Waals surface area contributed by atoms with Gasteiger partial charge in [-0.1, -0.05) is 26.0 Å². The van der Waals surface area contributed by atoms with E-state index in [0.717, 1.165) is 6.42 Å². The van der Waals surface area contributed by atoms with Gasteiger partial charge >= 0.3 is 0 Å². The van der Waals surface area contributed by atoms with Crippen LogP contribution in [0.3, 0.4) is 0 Å². The first-order valence-electron chi connectivity index (χ1n) is 10.5. The van der Waals surface area contributed by atoms with E-state index in [-0.39, 0.29) is 24.3 Å². The van der Waals surface area contributed by atoms with Gasteiger partial charge in [0.05, 0.1) is 12.1 Å². The summed E-state index contributed by atoms with van der Waals surface area (Å²) in [5.41, 5.74) is 1.98. The van der Waals surface area contributed by atoms with Crippen LogP contribution in [-0.2, 0) is 11.2 Å². The van der Waals surface area contributed by atoms with Crippen LogP contribution < -0.4 is 10.6 Å². The Labute approximate surface area is 181 Å². The fraction of sp³-hybridized carbons (Fsp3) is 0.417. The molecule has 1 aliphatic heterocycles. The molecule has 1 saturated carbocycles. The van der Waals surface area contributed by atoms with Gasteiger partial charge in [-0.2, -0.15) is 10.5 Å². The summed E-state index contributed by atoms with van der Waals surface area (Å²) >= 11 is 0. The Bertz CT molecular complexity index is 1070. The van der Waals surface area contributed by atoms with Gasteiger partial charge < -0.3 is 10.6 Å². The molecule has 2 N–H and O–H groups in total. The molecule has 6 nitrogen and oxygen atoms in total. The summed E-state index contributed by atoms with van der Waals surface area (Å²) < 4.78 is 14.7. The summed E-state index contributed by atoms with van der Waals surface area (Å²) in [5, 5.41) is 24.6. The quantitative estimate of drug-likeness (QED) is 0.779. The van der Waals surface area contributed by atoms with Crippen LogP contribution in [0.2, 0.25) is 0 Å². The average Bonchev–Trinajstić information content (AvgIpc) is 3.34. The van der Waals surface area contributed by atoms with Crippen molar-refractivity contribution in [3.63, 3.8) is 0 Å². The van der Waals surface area contributed by atoms with Crippen molar-refractivity contribution < 1.29 is 9.18 Å². The monoisotopic (exact) mass is 417 g/mol. The highest BCUT2D eigenvalue weighted by atomic mass is 19.1. The molecule has 2 heterocycles. The van der Waals surface area contributed by atoms with Crippen molar-refractivity contribution in [2.24, 2.45) is 17.8 Å². The first kappa shape index (κ1) is 21.0. The van der Waals surface area contributed by atoms with Gasteiger partial charge in [-0.15, -0.1) is 0 Å². The minimum absolute atomic E-state index is 0.0900. The summed E-state index contributed by atoms with van der Waals surface area (Å²) in [4.78, 5) is 16.8. The third-order valence-electron chi connectivity index (χ3n) is 6.93. The summed E-state index contributed by atoms with van der Waals surface area (Å²) in [7, 11) is 0. The number of hydrogen-bond acceptors (Lipinski definition) is 5. The average molecular weight is 417 g/mol. The molecule has 0 radical (unpaired) electrons. The highest BCUT2D eigenvalue weighted by Crippen LogP contribution is 2.44. The maximum absolute atomic E-state index is 14.7. The zero-order valence-electron chi connectivity index (χ0n) is 17.5. The third kappa shape index (κ3) is 4.02. The lowest BCUT2D eigenvalue weighted by atomic mass is 9.84. The molecule has 2 fully saturated rings. The van der Waals surface area contributed by atoms with E-state index < -0.39 is 11.9 Å².